The van der Waals surface area contributed by atoms with Crippen molar-refractivity contribution >= 4 is 28.9 Å². The van der Waals surface area contributed by atoms with Gasteiger partial charge in [-0.25, -0.2) is 4.79 Å². The molecule has 8 heteroatoms. The molecule has 2 aromatic carbocycles. The number of amides is 1. The second-order valence-electron chi connectivity index (χ2n) is 9.71. The number of H-pyrrole nitrogens is 1. The Bertz CT molecular complexity index is 1210. The van der Waals surface area contributed by atoms with Gasteiger partial charge in [-0.1, -0.05) is 48.5 Å². The number of rotatable bonds is 10. The average molecular weight is 509 g/mol. The molecule has 0 spiro atoms. The second-order valence-corrected chi connectivity index (χ2v) is 9.71. The Hall–Kier alpha value is -3.81. The first kappa shape index (κ1) is 27.8. The lowest BCUT2D eigenvalue weighted by Crippen LogP contribution is -2.49. The molecule has 3 rings (SSSR count). The molecule has 0 aliphatic rings. The van der Waals surface area contributed by atoms with Gasteiger partial charge in [-0.15, -0.1) is 0 Å². The molecular weight excluding hydrogens is 472 g/mol. The fourth-order valence-electron chi connectivity index (χ4n) is 4.36. The molecule has 0 atom stereocenters. The highest BCUT2D eigenvalue weighted by atomic mass is 16.6. The molecule has 0 unspecified atom stereocenters. The number of carbonyl (C=O) groups excluding carboxylic acids is 3. The summed E-state index contributed by atoms with van der Waals surface area (Å²) in [6.07, 6.45) is -0.154. The number of fused-ring (bicyclic) bond motifs is 1. The van der Waals surface area contributed by atoms with E-state index in [-0.39, 0.29) is 26.2 Å². The number of esters is 2. The molecule has 0 saturated carbocycles. The molecule has 0 aliphatic carbocycles. The molecule has 1 aromatic heterocycles. The van der Waals surface area contributed by atoms with Crippen LogP contribution in [0.1, 0.15) is 51.4 Å². The van der Waals surface area contributed by atoms with Crippen LogP contribution in [0.5, 0.6) is 0 Å². The van der Waals surface area contributed by atoms with Crippen LogP contribution in [0.3, 0.4) is 0 Å². The van der Waals surface area contributed by atoms with Crippen LogP contribution in [-0.2, 0) is 42.1 Å². The lowest BCUT2D eigenvalue weighted by molar-refractivity contribution is -0.165. The fourth-order valence-corrected chi connectivity index (χ4v) is 4.36. The molecule has 1 heterocycles. The topological polar surface area (TPSA) is 107 Å². The van der Waals surface area contributed by atoms with Crippen molar-refractivity contribution in [2.24, 2.45) is 0 Å². The molecule has 198 valence electrons. The Morgan fingerprint density at radius 1 is 0.865 bits per heavy atom. The summed E-state index contributed by atoms with van der Waals surface area (Å²) in [6.45, 7) is 9.22. The van der Waals surface area contributed by atoms with Crippen LogP contribution in [0, 0.1) is 0 Å². The third-order valence-electron chi connectivity index (χ3n) is 5.84. The number of benzene rings is 2. The summed E-state index contributed by atoms with van der Waals surface area (Å²) in [5.74, 6) is -1.38. The van der Waals surface area contributed by atoms with Crippen LogP contribution in [0.25, 0.3) is 10.9 Å². The molecular formula is C29H36N2O6. The minimum atomic E-state index is -1.77. The number of aromatic amines is 1. The number of ether oxygens (including phenoxy) is 3. The SMILES string of the molecule is CCOC(=O)C(Cc1ccccc1)(C(=O)OCC)c1[nH]c2ccccc2c1CCNC(=O)OC(C)(C)C. The minimum Gasteiger partial charge on any atom is -0.465 e. The molecule has 3 aromatic rings. The van der Waals surface area contributed by atoms with Gasteiger partial charge in [-0.05, 0) is 58.2 Å². The van der Waals surface area contributed by atoms with Crippen LogP contribution >= 0.6 is 0 Å². The molecule has 0 radical (unpaired) electrons. The Balaban J connectivity index is 2.14. The molecule has 8 nitrogen and oxygen atoms in total. The van der Waals surface area contributed by atoms with Gasteiger partial charge >= 0.3 is 18.0 Å². The van der Waals surface area contributed by atoms with Crippen molar-refractivity contribution in [1.82, 2.24) is 10.3 Å². The summed E-state index contributed by atoms with van der Waals surface area (Å²) in [6, 6.07) is 16.9. The number of hydrogen-bond donors (Lipinski definition) is 2. The number of aromatic nitrogens is 1. The third kappa shape index (κ3) is 6.50. The summed E-state index contributed by atoms with van der Waals surface area (Å²) in [5, 5.41) is 3.61. The van der Waals surface area contributed by atoms with E-state index >= 15 is 0 Å². The maximum Gasteiger partial charge on any atom is 0.407 e. The largest absolute Gasteiger partial charge is 0.465 e. The zero-order valence-electron chi connectivity index (χ0n) is 22.2. The summed E-state index contributed by atoms with van der Waals surface area (Å²) in [4.78, 5) is 43.0. The van der Waals surface area contributed by atoms with Crippen molar-refractivity contribution in [3.63, 3.8) is 0 Å². The summed E-state index contributed by atoms with van der Waals surface area (Å²) < 4.78 is 16.4. The fraction of sp³-hybridized carbons (Fsp3) is 0.414. The van der Waals surface area contributed by atoms with Gasteiger partial charge in [-0.2, -0.15) is 0 Å². The van der Waals surface area contributed by atoms with E-state index in [1.54, 1.807) is 34.6 Å². The third-order valence-corrected chi connectivity index (χ3v) is 5.84. The van der Waals surface area contributed by atoms with Crippen LogP contribution in [0.15, 0.2) is 54.6 Å². The van der Waals surface area contributed by atoms with Gasteiger partial charge in [0.05, 0.1) is 13.2 Å². The van der Waals surface area contributed by atoms with Crippen LogP contribution in [0.2, 0.25) is 0 Å². The predicted molar refractivity (Wildman–Crippen MR) is 141 cm³/mol. The molecule has 37 heavy (non-hydrogen) atoms. The van der Waals surface area contributed by atoms with Crippen LogP contribution in [0.4, 0.5) is 4.79 Å². The highest BCUT2D eigenvalue weighted by Gasteiger charge is 2.53. The molecule has 0 aliphatic heterocycles. The monoisotopic (exact) mass is 508 g/mol. The molecule has 0 bridgehead atoms. The highest BCUT2D eigenvalue weighted by Crippen LogP contribution is 2.37. The first-order valence-electron chi connectivity index (χ1n) is 12.6. The van der Waals surface area contributed by atoms with Gasteiger partial charge in [0, 0.05) is 29.6 Å². The van der Waals surface area contributed by atoms with E-state index in [4.69, 9.17) is 14.2 Å². The molecule has 2 N–H and O–H groups in total. The van der Waals surface area contributed by atoms with Gasteiger partial charge in [0.15, 0.2) is 0 Å². The normalized spacial score (nSPS) is 11.7. The summed E-state index contributed by atoms with van der Waals surface area (Å²) in [5.41, 5.74) is 0.266. The van der Waals surface area contributed by atoms with E-state index < -0.39 is 29.0 Å². The van der Waals surface area contributed by atoms with Crippen molar-refractivity contribution in [1.29, 1.82) is 0 Å². The van der Waals surface area contributed by atoms with E-state index in [9.17, 15) is 14.4 Å². The van der Waals surface area contributed by atoms with Gasteiger partial charge in [0.25, 0.3) is 0 Å². The number of carbonyl (C=O) groups is 3. The van der Waals surface area contributed by atoms with Gasteiger partial charge in [0.2, 0.25) is 5.41 Å². The first-order chi connectivity index (χ1) is 17.6. The smallest absolute Gasteiger partial charge is 0.407 e. The molecule has 1 amide bonds. The van der Waals surface area contributed by atoms with Gasteiger partial charge < -0.3 is 24.5 Å². The van der Waals surface area contributed by atoms with E-state index in [0.29, 0.717) is 12.1 Å². The van der Waals surface area contributed by atoms with Crippen molar-refractivity contribution in [2.75, 3.05) is 19.8 Å². The van der Waals surface area contributed by atoms with Crippen molar-refractivity contribution in [3.8, 4) is 0 Å². The van der Waals surface area contributed by atoms with Gasteiger partial charge in [0.1, 0.15) is 5.60 Å². The van der Waals surface area contributed by atoms with Crippen LogP contribution < -0.4 is 5.32 Å². The Labute approximate surface area is 217 Å². The van der Waals surface area contributed by atoms with Gasteiger partial charge in [-0.3, -0.25) is 9.59 Å². The lowest BCUT2D eigenvalue weighted by atomic mass is 9.76. The van der Waals surface area contributed by atoms with E-state index in [1.807, 2.05) is 54.6 Å². The Morgan fingerprint density at radius 3 is 2.05 bits per heavy atom. The lowest BCUT2D eigenvalue weighted by Gasteiger charge is -2.30. The Kier molecular flexibility index (Phi) is 8.97. The highest BCUT2D eigenvalue weighted by molar-refractivity contribution is 6.08. The van der Waals surface area contributed by atoms with E-state index in [1.165, 1.54) is 0 Å². The minimum absolute atomic E-state index is 0.0465. The molecule has 0 saturated heterocycles. The zero-order valence-corrected chi connectivity index (χ0v) is 22.2. The quantitative estimate of drug-likeness (QED) is 0.231. The first-order valence-corrected chi connectivity index (χ1v) is 12.6. The number of hydrogen-bond acceptors (Lipinski definition) is 6. The Morgan fingerprint density at radius 2 is 1.46 bits per heavy atom. The number of nitrogens with one attached hydrogen (secondary N) is 2. The van der Waals surface area contributed by atoms with Crippen molar-refractivity contribution in [3.05, 3.63) is 71.4 Å². The number of para-hydroxylation sites is 1. The summed E-state index contributed by atoms with van der Waals surface area (Å²) in [7, 11) is 0. The van der Waals surface area contributed by atoms with Crippen molar-refractivity contribution in [2.45, 2.75) is 58.5 Å². The average Bonchev–Trinajstić information content (AvgIpc) is 3.21. The summed E-state index contributed by atoms with van der Waals surface area (Å²) >= 11 is 0. The second kappa shape index (κ2) is 12.0. The molecule has 0 fully saturated rings. The van der Waals surface area contributed by atoms with Crippen molar-refractivity contribution < 1.29 is 28.6 Å². The maximum absolute atomic E-state index is 13.7. The van der Waals surface area contributed by atoms with E-state index in [2.05, 4.69) is 10.3 Å². The standard InChI is InChI=1S/C29H36N2O6/c1-6-35-25(32)29(26(33)36-7-2,19-20-13-9-8-10-14-20)24-22(21-15-11-12-16-23(21)31-24)17-18-30-27(34)37-28(3,4)5/h8-16,31H,6-7,17-19H2,1-5H3,(H,30,34). The van der Waals surface area contributed by atoms with Crippen LogP contribution in [-0.4, -0.2) is 48.4 Å². The zero-order chi connectivity index (χ0) is 27.1. The van der Waals surface area contributed by atoms with E-state index in [0.717, 1.165) is 22.0 Å². The predicted octanol–water partition coefficient (Wildman–Crippen LogP) is 4.84. The maximum atomic E-state index is 13.7. The number of alkyl carbamates (subject to hydrolysis) is 1.